The minimum Gasteiger partial charge on any atom is -0.358 e. The molecule has 0 fully saturated rings. The van der Waals surface area contributed by atoms with Crippen molar-refractivity contribution < 1.29 is 0 Å². The molecule has 4 rings (SSSR count). The van der Waals surface area contributed by atoms with Gasteiger partial charge in [0, 0.05) is 22.3 Å². The van der Waals surface area contributed by atoms with Gasteiger partial charge in [0.05, 0.1) is 5.56 Å². The van der Waals surface area contributed by atoms with Crippen LogP contribution in [0.5, 0.6) is 0 Å². The quantitative estimate of drug-likeness (QED) is 0.592. The van der Waals surface area contributed by atoms with Crippen LogP contribution >= 0.6 is 11.3 Å². The van der Waals surface area contributed by atoms with Crippen molar-refractivity contribution >= 4 is 33.1 Å². The summed E-state index contributed by atoms with van der Waals surface area (Å²) in [4.78, 5) is 16.1. The number of H-pyrrole nitrogens is 1. The Balaban J connectivity index is 1.77. The van der Waals surface area contributed by atoms with E-state index >= 15 is 0 Å². The minimum atomic E-state index is -0.0238. The average molecular weight is 334 g/mol. The van der Waals surface area contributed by atoms with Crippen molar-refractivity contribution in [2.75, 3.05) is 5.32 Å². The largest absolute Gasteiger partial charge is 0.358 e. The molecule has 0 radical (unpaired) electrons. The predicted octanol–water partition coefficient (Wildman–Crippen LogP) is 4.10. The second-order valence-corrected chi connectivity index (χ2v) is 6.38. The Morgan fingerprint density at radius 2 is 1.75 bits per heavy atom. The molecule has 0 saturated carbocycles. The molecular weight excluding hydrogens is 320 g/mol. The molecule has 0 aliphatic rings. The fourth-order valence-electron chi connectivity index (χ4n) is 2.64. The monoisotopic (exact) mass is 334 g/mol. The van der Waals surface area contributed by atoms with Crippen LogP contribution in [-0.4, -0.2) is 15.2 Å². The van der Waals surface area contributed by atoms with E-state index in [1.165, 1.54) is 11.3 Å². The third-order valence-corrected chi connectivity index (χ3v) is 4.62. The molecule has 2 N–H and O–H groups in total. The van der Waals surface area contributed by atoms with E-state index in [9.17, 15) is 4.79 Å². The maximum Gasteiger partial charge on any atom is 0.210 e. The zero-order valence-electron chi connectivity index (χ0n) is 12.9. The molecule has 0 saturated heterocycles. The first-order valence-electron chi connectivity index (χ1n) is 7.50. The Kier molecular flexibility index (Phi) is 3.59. The molecule has 2 heterocycles. The van der Waals surface area contributed by atoms with E-state index in [1.807, 2.05) is 61.5 Å². The third kappa shape index (κ3) is 2.57. The van der Waals surface area contributed by atoms with Crippen molar-refractivity contribution in [2.45, 2.75) is 6.92 Å². The maximum absolute atomic E-state index is 12.8. The number of rotatable bonds is 3. The van der Waals surface area contributed by atoms with Gasteiger partial charge in [0.1, 0.15) is 0 Å². The summed E-state index contributed by atoms with van der Waals surface area (Å²) >= 11 is 1.36. The summed E-state index contributed by atoms with van der Waals surface area (Å²) in [5, 5.41) is 13.5. The fourth-order valence-corrected chi connectivity index (χ4v) is 3.50. The van der Waals surface area contributed by atoms with Crippen molar-refractivity contribution in [1.29, 1.82) is 0 Å². The van der Waals surface area contributed by atoms with Gasteiger partial charge in [-0.2, -0.15) is 0 Å². The van der Waals surface area contributed by atoms with Gasteiger partial charge in [0.2, 0.25) is 5.13 Å². The summed E-state index contributed by atoms with van der Waals surface area (Å²) in [5.74, 6) is 0. The van der Waals surface area contributed by atoms with Crippen LogP contribution in [0.2, 0.25) is 0 Å². The summed E-state index contributed by atoms with van der Waals surface area (Å²) in [7, 11) is 0. The van der Waals surface area contributed by atoms with E-state index in [4.69, 9.17) is 0 Å². The van der Waals surface area contributed by atoms with Crippen molar-refractivity contribution in [3.05, 3.63) is 70.5 Å². The van der Waals surface area contributed by atoms with E-state index in [-0.39, 0.29) is 5.43 Å². The van der Waals surface area contributed by atoms with Crippen LogP contribution in [0.3, 0.4) is 0 Å². The molecule has 0 atom stereocenters. The summed E-state index contributed by atoms with van der Waals surface area (Å²) in [6.45, 7) is 1.88. The molecule has 0 aliphatic carbocycles. The van der Waals surface area contributed by atoms with Crippen molar-refractivity contribution in [3.8, 4) is 10.6 Å². The lowest BCUT2D eigenvalue weighted by Crippen LogP contribution is -2.09. The van der Waals surface area contributed by atoms with Gasteiger partial charge in [-0.05, 0) is 31.2 Å². The van der Waals surface area contributed by atoms with Crippen LogP contribution < -0.4 is 10.7 Å². The Hall–Kier alpha value is -2.99. The summed E-state index contributed by atoms with van der Waals surface area (Å²) in [6, 6.07) is 17.2. The van der Waals surface area contributed by atoms with Gasteiger partial charge in [-0.15, -0.1) is 10.2 Å². The van der Waals surface area contributed by atoms with Gasteiger partial charge < -0.3 is 10.3 Å². The van der Waals surface area contributed by atoms with E-state index in [1.54, 1.807) is 0 Å². The van der Waals surface area contributed by atoms with Crippen LogP contribution in [0, 0.1) is 6.92 Å². The smallest absolute Gasteiger partial charge is 0.210 e. The molecule has 24 heavy (non-hydrogen) atoms. The van der Waals surface area contributed by atoms with E-state index < -0.39 is 0 Å². The number of para-hydroxylation sites is 2. The van der Waals surface area contributed by atoms with Gasteiger partial charge >= 0.3 is 0 Å². The molecule has 2 aromatic carbocycles. The topological polar surface area (TPSA) is 70.7 Å². The maximum atomic E-state index is 12.8. The molecule has 0 bridgehead atoms. The van der Waals surface area contributed by atoms with Crippen molar-refractivity contribution in [3.63, 3.8) is 0 Å². The molecule has 0 unspecified atom stereocenters. The lowest BCUT2D eigenvalue weighted by atomic mass is 10.1. The lowest BCUT2D eigenvalue weighted by Gasteiger charge is -2.05. The molecule has 0 aliphatic heterocycles. The predicted molar refractivity (Wildman–Crippen MR) is 97.9 cm³/mol. The van der Waals surface area contributed by atoms with E-state index in [2.05, 4.69) is 20.5 Å². The van der Waals surface area contributed by atoms with Gasteiger partial charge in [-0.25, -0.2) is 0 Å². The number of aromatic amines is 1. The van der Waals surface area contributed by atoms with Crippen LogP contribution in [0.15, 0.2) is 59.4 Å². The molecule has 118 valence electrons. The van der Waals surface area contributed by atoms with Crippen LogP contribution in [0.25, 0.3) is 21.5 Å². The molecule has 2 aromatic heterocycles. The van der Waals surface area contributed by atoms with E-state index in [0.717, 1.165) is 16.9 Å². The third-order valence-electron chi connectivity index (χ3n) is 3.76. The van der Waals surface area contributed by atoms with Crippen LogP contribution in [0.4, 0.5) is 10.8 Å². The standard InChI is InChI=1S/C18H14N4OS/c1-11-15(16(23)13-9-5-6-10-14(13)19-11)17-21-22-18(24-17)20-12-7-3-2-4-8-12/h2-10H,1H3,(H,19,23)(H,20,22). The zero-order valence-corrected chi connectivity index (χ0v) is 13.7. The number of nitrogens with zero attached hydrogens (tertiary/aromatic N) is 2. The minimum absolute atomic E-state index is 0.0238. The number of fused-ring (bicyclic) bond motifs is 1. The number of benzene rings is 2. The number of aryl methyl sites for hydroxylation is 1. The number of nitrogens with one attached hydrogen (secondary N) is 2. The first-order chi connectivity index (χ1) is 11.7. The lowest BCUT2D eigenvalue weighted by molar-refractivity contribution is 1.09. The molecule has 6 heteroatoms. The number of hydrogen-bond acceptors (Lipinski definition) is 5. The normalized spacial score (nSPS) is 10.9. The van der Waals surface area contributed by atoms with Crippen LogP contribution in [0.1, 0.15) is 5.69 Å². The Morgan fingerprint density at radius 3 is 2.58 bits per heavy atom. The number of anilines is 2. The fraction of sp³-hybridized carbons (Fsp3) is 0.0556. The first kappa shape index (κ1) is 14.6. The summed E-state index contributed by atoms with van der Waals surface area (Å²) in [5.41, 5.74) is 3.11. The molecule has 5 nitrogen and oxygen atoms in total. The Labute approximate surface area is 142 Å². The average Bonchev–Trinajstić information content (AvgIpc) is 3.04. The molecule has 0 spiro atoms. The van der Waals surface area contributed by atoms with Crippen molar-refractivity contribution in [2.24, 2.45) is 0 Å². The van der Waals surface area contributed by atoms with Gasteiger partial charge in [0.15, 0.2) is 10.4 Å². The highest BCUT2D eigenvalue weighted by molar-refractivity contribution is 7.18. The Morgan fingerprint density at radius 1 is 1.00 bits per heavy atom. The van der Waals surface area contributed by atoms with Gasteiger partial charge in [-0.1, -0.05) is 41.7 Å². The number of hydrogen-bond donors (Lipinski definition) is 2. The van der Waals surface area contributed by atoms with Gasteiger partial charge in [-0.3, -0.25) is 4.79 Å². The number of pyridine rings is 1. The number of aromatic nitrogens is 3. The van der Waals surface area contributed by atoms with Gasteiger partial charge in [0.25, 0.3) is 0 Å². The second-order valence-electron chi connectivity index (χ2n) is 5.40. The molecular formula is C18H14N4OS. The Bertz CT molecular complexity index is 1070. The highest BCUT2D eigenvalue weighted by Crippen LogP contribution is 2.28. The summed E-state index contributed by atoms with van der Waals surface area (Å²) < 4.78 is 0. The second kappa shape index (κ2) is 5.90. The highest BCUT2D eigenvalue weighted by atomic mass is 32.1. The first-order valence-corrected chi connectivity index (χ1v) is 8.31. The van der Waals surface area contributed by atoms with Crippen LogP contribution in [-0.2, 0) is 0 Å². The highest BCUT2D eigenvalue weighted by Gasteiger charge is 2.15. The molecule has 0 amide bonds. The van der Waals surface area contributed by atoms with E-state index in [0.29, 0.717) is 21.1 Å². The SMILES string of the molecule is Cc1[nH]c2ccccc2c(=O)c1-c1nnc(Nc2ccccc2)s1. The zero-order chi connectivity index (χ0) is 16.5. The summed E-state index contributed by atoms with van der Waals surface area (Å²) in [6.07, 6.45) is 0. The molecule has 4 aromatic rings. The van der Waals surface area contributed by atoms with Crippen molar-refractivity contribution in [1.82, 2.24) is 15.2 Å².